The molecule has 0 N–H and O–H groups in total. The van der Waals surface area contributed by atoms with Crippen molar-refractivity contribution in [1.82, 2.24) is 0 Å². The van der Waals surface area contributed by atoms with Gasteiger partial charge in [-0.25, -0.2) is 0 Å². The smallest absolute Gasteiger partial charge is 0.142 e. The third-order valence-corrected chi connectivity index (χ3v) is 5.72. The fourth-order valence-corrected chi connectivity index (χ4v) is 3.85. The van der Waals surface area contributed by atoms with Gasteiger partial charge in [-0.05, 0) is 75.0 Å². The van der Waals surface area contributed by atoms with Crippen molar-refractivity contribution in [3.8, 4) is 33.8 Å². The molecule has 25 heavy (non-hydrogen) atoms. The molecule has 0 bridgehead atoms. The molecule has 1 aromatic heterocycles. The Hall–Kier alpha value is -1.60. The zero-order valence-corrected chi connectivity index (χ0v) is 17.6. The quantitative estimate of drug-likeness (QED) is 0.242. The summed E-state index contributed by atoms with van der Waals surface area (Å²) in [6, 6.07) is 29.3. The fraction of sp³-hybridized carbons (Fsp3) is 0. The average Bonchev–Trinajstić information content (AvgIpc) is 3.08. The molecule has 0 fully saturated rings. The van der Waals surface area contributed by atoms with Gasteiger partial charge in [0.25, 0.3) is 0 Å². The molecule has 4 rings (SSSR count). The van der Waals surface area contributed by atoms with E-state index in [0.717, 1.165) is 28.2 Å². The summed E-state index contributed by atoms with van der Waals surface area (Å²) in [5, 5.41) is 0. The molecule has 1 nitrogen and oxygen atoms in total. The van der Waals surface area contributed by atoms with Crippen LogP contribution in [0.3, 0.4) is 0 Å². The maximum atomic E-state index is 6.35. The largest absolute Gasteiger partial charge is 0.455 e. The summed E-state index contributed by atoms with van der Waals surface area (Å²) >= 11 is 4.69. The first-order valence-electron chi connectivity index (χ1n) is 7.92. The van der Waals surface area contributed by atoms with E-state index in [-0.39, 0.29) is 0 Å². The molecule has 0 saturated heterocycles. The van der Waals surface area contributed by atoms with Crippen LogP contribution in [0.4, 0.5) is 0 Å². The van der Waals surface area contributed by atoms with E-state index < -0.39 is 0 Å². The summed E-state index contributed by atoms with van der Waals surface area (Å²) in [6.07, 6.45) is 0. The maximum Gasteiger partial charge on any atom is 0.142 e. The topological polar surface area (TPSA) is 13.1 Å². The summed E-state index contributed by atoms with van der Waals surface area (Å²) in [6.45, 7) is 0. The van der Waals surface area contributed by atoms with Crippen LogP contribution in [0.1, 0.15) is 0 Å². The molecule has 0 aliphatic heterocycles. The van der Waals surface area contributed by atoms with Gasteiger partial charge in [0.15, 0.2) is 0 Å². The summed E-state index contributed by atoms with van der Waals surface area (Å²) in [5.74, 6) is 1.81. The lowest BCUT2D eigenvalue weighted by molar-refractivity contribution is 0.597. The zero-order chi connectivity index (χ0) is 17.2. The van der Waals surface area contributed by atoms with Crippen molar-refractivity contribution >= 4 is 45.2 Å². The highest BCUT2D eigenvalue weighted by molar-refractivity contribution is 14.1. The molecule has 3 heteroatoms. The van der Waals surface area contributed by atoms with Crippen LogP contribution >= 0.6 is 45.2 Å². The van der Waals surface area contributed by atoms with Gasteiger partial charge in [0.2, 0.25) is 0 Å². The van der Waals surface area contributed by atoms with E-state index in [1.165, 1.54) is 12.7 Å². The van der Waals surface area contributed by atoms with Crippen molar-refractivity contribution in [3.63, 3.8) is 0 Å². The lowest BCUT2D eigenvalue weighted by Crippen LogP contribution is -1.80. The first-order chi connectivity index (χ1) is 12.2. The lowest BCUT2D eigenvalue weighted by Gasteiger charge is -2.03. The second kappa shape index (κ2) is 7.33. The van der Waals surface area contributed by atoms with Gasteiger partial charge in [-0.3, -0.25) is 0 Å². The Morgan fingerprint density at radius 1 is 0.600 bits per heavy atom. The third-order valence-electron chi connectivity index (χ3n) is 4.06. The second-order valence-corrected chi connectivity index (χ2v) is 8.11. The van der Waals surface area contributed by atoms with E-state index >= 15 is 0 Å². The van der Waals surface area contributed by atoms with Crippen molar-refractivity contribution in [2.45, 2.75) is 0 Å². The van der Waals surface area contributed by atoms with E-state index in [1.54, 1.807) is 0 Å². The highest BCUT2D eigenvalue weighted by Gasteiger charge is 2.17. The Morgan fingerprint density at radius 3 is 2.00 bits per heavy atom. The predicted molar refractivity (Wildman–Crippen MR) is 120 cm³/mol. The average molecular weight is 548 g/mol. The standard InChI is InChI=1S/C22H14I2O/c23-17-12-10-15(11-13-17)19-14-21(18-8-4-5-9-20(18)24)25-22(19)16-6-2-1-3-7-16/h1-14H. The Labute approximate surface area is 174 Å². The van der Waals surface area contributed by atoms with Gasteiger partial charge < -0.3 is 4.42 Å². The van der Waals surface area contributed by atoms with Crippen molar-refractivity contribution in [3.05, 3.63) is 92.1 Å². The van der Waals surface area contributed by atoms with Crippen LogP contribution in [0.2, 0.25) is 0 Å². The molecule has 0 aliphatic rings. The molecule has 122 valence electrons. The van der Waals surface area contributed by atoms with Gasteiger partial charge in [0, 0.05) is 23.8 Å². The molecule has 0 unspecified atom stereocenters. The number of hydrogen-bond acceptors (Lipinski definition) is 1. The number of hydrogen-bond donors (Lipinski definition) is 0. The molecule has 0 aliphatic carbocycles. The zero-order valence-electron chi connectivity index (χ0n) is 13.2. The molecule has 0 saturated carbocycles. The van der Waals surface area contributed by atoms with Crippen molar-refractivity contribution in [1.29, 1.82) is 0 Å². The van der Waals surface area contributed by atoms with Gasteiger partial charge in [-0.2, -0.15) is 0 Å². The molecular weight excluding hydrogens is 534 g/mol. The SMILES string of the molecule is Ic1ccc(-c2cc(-c3ccccc3I)oc2-c2ccccc2)cc1. The molecule has 0 radical (unpaired) electrons. The lowest BCUT2D eigenvalue weighted by atomic mass is 10.0. The van der Waals surface area contributed by atoms with E-state index in [1.807, 2.05) is 30.3 Å². The molecule has 4 aromatic rings. The van der Waals surface area contributed by atoms with Gasteiger partial charge in [0.05, 0.1) is 0 Å². The van der Waals surface area contributed by atoms with E-state index in [2.05, 4.69) is 99.8 Å². The minimum absolute atomic E-state index is 0.900. The van der Waals surface area contributed by atoms with Crippen LogP contribution in [0.15, 0.2) is 89.3 Å². The van der Waals surface area contributed by atoms with Crippen LogP contribution in [-0.2, 0) is 0 Å². The van der Waals surface area contributed by atoms with Crippen molar-refractivity contribution in [2.75, 3.05) is 0 Å². The first kappa shape index (κ1) is 16.8. The number of halogens is 2. The number of furan rings is 1. The number of benzene rings is 3. The Balaban J connectivity index is 1.92. The molecular formula is C22H14I2O. The van der Waals surface area contributed by atoms with Crippen LogP contribution in [0.5, 0.6) is 0 Å². The van der Waals surface area contributed by atoms with Crippen LogP contribution < -0.4 is 0 Å². The highest BCUT2D eigenvalue weighted by atomic mass is 127. The van der Waals surface area contributed by atoms with Gasteiger partial charge in [-0.15, -0.1) is 0 Å². The summed E-state index contributed by atoms with van der Waals surface area (Å²) in [4.78, 5) is 0. The van der Waals surface area contributed by atoms with E-state index in [4.69, 9.17) is 4.42 Å². The first-order valence-corrected chi connectivity index (χ1v) is 10.1. The normalized spacial score (nSPS) is 10.8. The molecule has 0 spiro atoms. The predicted octanol–water partition coefficient (Wildman–Crippen LogP) is 7.49. The van der Waals surface area contributed by atoms with Crippen LogP contribution in [0.25, 0.3) is 33.8 Å². The second-order valence-electron chi connectivity index (χ2n) is 5.71. The maximum absolute atomic E-state index is 6.35. The van der Waals surface area contributed by atoms with Gasteiger partial charge >= 0.3 is 0 Å². The highest BCUT2D eigenvalue weighted by Crippen LogP contribution is 2.39. The Bertz CT molecular complexity index is 1000. The molecule has 0 amide bonds. The minimum Gasteiger partial charge on any atom is -0.455 e. The summed E-state index contributed by atoms with van der Waals surface area (Å²) in [7, 11) is 0. The molecule has 0 atom stereocenters. The summed E-state index contributed by atoms with van der Waals surface area (Å²) in [5.41, 5.74) is 4.50. The summed E-state index contributed by atoms with van der Waals surface area (Å²) < 4.78 is 8.75. The van der Waals surface area contributed by atoms with Gasteiger partial charge in [-0.1, -0.05) is 60.7 Å². The third kappa shape index (κ3) is 3.53. The molecule has 1 heterocycles. The Kier molecular flexibility index (Phi) is 4.94. The van der Waals surface area contributed by atoms with E-state index in [9.17, 15) is 0 Å². The fourth-order valence-electron chi connectivity index (χ4n) is 2.83. The minimum atomic E-state index is 0.900. The van der Waals surface area contributed by atoms with Crippen molar-refractivity contribution < 1.29 is 4.42 Å². The van der Waals surface area contributed by atoms with Crippen LogP contribution in [0, 0.1) is 7.14 Å². The Morgan fingerprint density at radius 2 is 1.28 bits per heavy atom. The monoisotopic (exact) mass is 548 g/mol. The van der Waals surface area contributed by atoms with E-state index in [0.29, 0.717) is 0 Å². The molecule has 3 aromatic carbocycles. The number of rotatable bonds is 3. The van der Waals surface area contributed by atoms with Gasteiger partial charge in [0.1, 0.15) is 11.5 Å². The van der Waals surface area contributed by atoms with Crippen molar-refractivity contribution in [2.24, 2.45) is 0 Å². The van der Waals surface area contributed by atoms with Crippen LogP contribution in [-0.4, -0.2) is 0 Å².